The van der Waals surface area contributed by atoms with Gasteiger partial charge in [-0.2, -0.15) is 4.31 Å². The normalized spacial score (nSPS) is 14.1. The Morgan fingerprint density at radius 1 is 1.17 bits per heavy atom. The summed E-state index contributed by atoms with van der Waals surface area (Å²) >= 11 is 0. The lowest BCUT2D eigenvalue weighted by atomic mass is 10.0. The van der Waals surface area contributed by atoms with Crippen LogP contribution in [-0.4, -0.2) is 43.8 Å². The van der Waals surface area contributed by atoms with E-state index in [4.69, 9.17) is 14.2 Å². The second kappa shape index (κ2) is 8.90. The summed E-state index contributed by atoms with van der Waals surface area (Å²) in [4.78, 5) is 12.4. The van der Waals surface area contributed by atoms with Crippen LogP contribution in [0.5, 0.6) is 17.2 Å². The molecule has 0 radical (unpaired) electrons. The van der Waals surface area contributed by atoms with Gasteiger partial charge in [-0.1, -0.05) is 19.9 Å². The second-order valence-corrected chi connectivity index (χ2v) is 8.97. The van der Waals surface area contributed by atoms with Gasteiger partial charge in [-0.3, -0.25) is 10.0 Å². The molecule has 0 saturated carbocycles. The number of methoxy groups -OCH3 is 1. The van der Waals surface area contributed by atoms with Crippen molar-refractivity contribution in [2.45, 2.75) is 31.3 Å². The molecule has 0 fully saturated rings. The lowest BCUT2D eigenvalue weighted by Gasteiger charge is -2.32. The van der Waals surface area contributed by atoms with E-state index < -0.39 is 27.9 Å². The zero-order chi connectivity index (χ0) is 21.9. The fraction of sp³-hybridized carbons (Fsp3) is 0.350. The molecular formula is C20H24N2O7S. The predicted molar refractivity (Wildman–Crippen MR) is 107 cm³/mol. The molecule has 30 heavy (non-hydrogen) atoms. The van der Waals surface area contributed by atoms with Crippen molar-refractivity contribution in [3.05, 3.63) is 48.0 Å². The number of benzene rings is 2. The molecule has 2 aromatic carbocycles. The average Bonchev–Trinajstić information content (AvgIpc) is 3.20. The van der Waals surface area contributed by atoms with Crippen molar-refractivity contribution in [3.63, 3.8) is 0 Å². The van der Waals surface area contributed by atoms with Gasteiger partial charge in [0.05, 0.1) is 12.0 Å². The van der Waals surface area contributed by atoms with Gasteiger partial charge in [0.2, 0.25) is 16.8 Å². The summed E-state index contributed by atoms with van der Waals surface area (Å²) in [6.07, 6.45) is 0. The first kappa shape index (κ1) is 21.9. The van der Waals surface area contributed by atoms with Gasteiger partial charge in [0.1, 0.15) is 11.8 Å². The van der Waals surface area contributed by atoms with E-state index in [1.807, 2.05) is 0 Å². The largest absolute Gasteiger partial charge is 0.497 e. The quantitative estimate of drug-likeness (QED) is 0.481. The molecule has 3 rings (SSSR count). The minimum absolute atomic E-state index is 0.000401. The van der Waals surface area contributed by atoms with E-state index in [1.165, 1.54) is 31.4 Å². The summed E-state index contributed by atoms with van der Waals surface area (Å²) < 4.78 is 43.8. The Kier molecular flexibility index (Phi) is 6.49. The number of ether oxygens (including phenoxy) is 3. The van der Waals surface area contributed by atoms with Crippen LogP contribution >= 0.6 is 0 Å². The minimum Gasteiger partial charge on any atom is -0.497 e. The molecule has 0 aromatic heterocycles. The van der Waals surface area contributed by atoms with Crippen molar-refractivity contribution in [2.75, 3.05) is 13.9 Å². The van der Waals surface area contributed by atoms with Crippen LogP contribution in [0.1, 0.15) is 19.4 Å². The number of rotatable bonds is 8. The van der Waals surface area contributed by atoms with E-state index >= 15 is 0 Å². The Morgan fingerprint density at radius 2 is 1.83 bits per heavy atom. The highest BCUT2D eigenvalue weighted by molar-refractivity contribution is 7.89. The molecule has 1 unspecified atom stereocenters. The van der Waals surface area contributed by atoms with Gasteiger partial charge >= 0.3 is 0 Å². The number of hydroxylamine groups is 1. The first-order chi connectivity index (χ1) is 14.3. The maximum atomic E-state index is 13.5. The highest BCUT2D eigenvalue weighted by Gasteiger charge is 2.38. The van der Waals surface area contributed by atoms with Gasteiger partial charge < -0.3 is 14.2 Å². The average molecular weight is 436 g/mol. The summed E-state index contributed by atoms with van der Waals surface area (Å²) in [7, 11) is -2.62. The fourth-order valence-corrected chi connectivity index (χ4v) is 4.98. The summed E-state index contributed by atoms with van der Waals surface area (Å²) in [5, 5.41) is 9.23. The van der Waals surface area contributed by atoms with E-state index in [0.717, 1.165) is 4.31 Å². The van der Waals surface area contributed by atoms with Crippen LogP contribution in [0.2, 0.25) is 0 Å². The number of nitrogens with zero attached hydrogens (tertiary/aromatic N) is 1. The topological polar surface area (TPSA) is 114 Å². The van der Waals surface area contributed by atoms with Crippen molar-refractivity contribution in [1.82, 2.24) is 9.79 Å². The molecule has 1 aliphatic rings. The van der Waals surface area contributed by atoms with Crippen LogP contribution in [0, 0.1) is 5.92 Å². The maximum Gasteiger partial charge on any atom is 0.262 e. The Hall–Kier alpha value is -2.82. The lowest BCUT2D eigenvalue weighted by molar-refractivity contribution is -0.134. The predicted octanol–water partition coefficient (Wildman–Crippen LogP) is 2.14. The molecule has 1 heterocycles. The van der Waals surface area contributed by atoms with Crippen LogP contribution in [-0.2, 0) is 21.4 Å². The Bertz CT molecular complexity index is 1010. The number of sulfonamides is 1. The van der Waals surface area contributed by atoms with Gasteiger partial charge in [-0.25, -0.2) is 13.9 Å². The standard InChI is InChI=1S/C20H24N2O7S/c1-13(2)19(20(23)21-24)22(11-14-4-9-17-18(10-14)29-12-28-17)30(25,26)16-7-5-15(27-3)6-8-16/h4-10,13,19,24H,11-12H2,1-3H3,(H,21,23). The third kappa shape index (κ3) is 4.35. The number of carbonyl (C=O) groups excluding carboxylic acids is 1. The molecule has 9 nitrogen and oxygen atoms in total. The molecule has 2 N–H and O–H groups in total. The first-order valence-corrected chi connectivity index (χ1v) is 10.7. The van der Waals surface area contributed by atoms with Crippen molar-refractivity contribution < 1.29 is 32.6 Å². The van der Waals surface area contributed by atoms with Crippen LogP contribution in [0.3, 0.4) is 0 Å². The van der Waals surface area contributed by atoms with Crippen molar-refractivity contribution in [1.29, 1.82) is 0 Å². The van der Waals surface area contributed by atoms with Gasteiger partial charge in [0.15, 0.2) is 11.5 Å². The van der Waals surface area contributed by atoms with Crippen molar-refractivity contribution >= 4 is 15.9 Å². The van der Waals surface area contributed by atoms with Gasteiger partial charge in [0.25, 0.3) is 5.91 Å². The Labute approximate surface area is 175 Å². The lowest BCUT2D eigenvalue weighted by Crippen LogP contribution is -2.51. The van der Waals surface area contributed by atoms with Gasteiger partial charge in [-0.15, -0.1) is 0 Å². The Balaban J connectivity index is 2.04. The molecular weight excluding hydrogens is 412 g/mol. The summed E-state index contributed by atoms with van der Waals surface area (Å²) in [6.45, 7) is 3.39. The third-order valence-corrected chi connectivity index (χ3v) is 6.60. The third-order valence-electron chi connectivity index (χ3n) is 4.76. The SMILES string of the molecule is COc1ccc(S(=O)(=O)N(Cc2ccc3c(c2)OCO3)C(C(=O)NO)C(C)C)cc1. The number of nitrogens with one attached hydrogen (secondary N) is 1. The maximum absolute atomic E-state index is 13.5. The molecule has 0 bridgehead atoms. The highest BCUT2D eigenvalue weighted by Crippen LogP contribution is 2.34. The van der Waals surface area contributed by atoms with Crippen LogP contribution in [0.25, 0.3) is 0 Å². The van der Waals surface area contributed by atoms with Crippen LogP contribution in [0.4, 0.5) is 0 Å². The van der Waals surface area contributed by atoms with Gasteiger partial charge in [0, 0.05) is 6.54 Å². The monoisotopic (exact) mass is 436 g/mol. The minimum atomic E-state index is -4.10. The first-order valence-electron chi connectivity index (χ1n) is 9.26. The molecule has 1 amide bonds. The van der Waals surface area contributed by atoms with E-state index in [1.54, 1.807) is 37.5 Å². The molecule has 1 aliphatic heterocycles. The zero-order valence-electron chi connectivity index (χ0n) is 16.9. The molecule has 1 atom stereocenters. The van der Waals surface area contributed by atoms with E-state index in [9.17, 15) is 18.4 Å². The molecule has 0 aliphatic carbocycles. The van der Waals surface area contributed by atoms with Crippen molar-refractivity contribution in [2.24, 2.45) is 5.92 Å². The van der Waals surface area contributed by atoms with E-state index in [-0.39, 0.29) is 18.2 Å². The summed E-state index contributed by atoms with van der Waals surface area (Å²) in [5.74, 6) is 0.339. The summed E-state index contributed by atoms with van der Waals surface area (Å²) in [5.41, 5.74) is 2.19. The molecule has 0 spiro atoms. The molecule has 0 saturated heterocycles. The number of amides is 1. The second-order valence-electron chi connectivity index (χ2n) is 7.08. The van der Waals surface area contributed by atoms with Crippen LogP contribution < -0.4 is 19.7 Å². The van der Waals surface area contributed by atoms with E-state index in [0.29, 0.717) is 22.8 Å². The number of hydrogen-bond acceptors (Lipinski definition) is 7. The highest BCUT2D eigenvalue weighted by atomic mass is 32.2. The van der Waals surface area contributed by atoms with Crippen molar-refractivity contribution in [3.8, 4) is 17.2 Å². The van der Waals surface area contributed by atoms with Gasteiger partial charge in [-0.05, 0) is 47.9 Å². The number of carbonyl (C=O) groups is 1. The van der Waals surface area contributed by atoms with E-state index in [2.05, 4.69) is 0 Å². The smallest absolute Gasteiger partial charge is 0.262 e. The molecule has 2 aromatic rings. The summed E-state index contributed by atoms with van der Waals surface area (Å²) in [6, 6.07) is 9.80. The zero-order valence-corrected chi connectivity index (χ0v) is 17.7. The van der Waals surface area contributed by atoms with Crippen LogP contribution in [0.15, 0.2) is 47.4 Å². The fourth-order valence-electron chi connectivity index (χ4n) is 3.27. The number of fused-ring (bicyclic) bond motifs is 1. The number of hydrogen-bond donors (Lipinski definition) is 2. The molecule has 162 valence electrons. The molecule has 10 heteroatoms. The Morgan fingerprint density at radius 3 is 2.43 bits per heavy atom.